The normalized spacial score (nSPS) is 22.6. The first-order valence-electron chi connectivity index (χ1n) is 7.91. The van der Waals surface area contributed by atoms with Crippen LogP contribution >= 0.6 is 0 Å². The summed E-state index contributed by atoms with van der Waals surface area (Å²) in [6.07, 6.45) is 3.56. The molecule has 3 N–H and O–H groups in total. The van der Waals surface area contributed by atoms with E-state index >= 15 is 0 Å². The highest BCUT2D eigenvalue weighted by atomic mass is 16.5. The Labute approximate surface area is 123 Å². The highest BCUT2D eigenvalue weighted by Gasteiger charge is 2.26. The second-order valence-electron chi connectivity index (χ2n) is 7.16. The summed E-state index contributed by atoms with van der Waals surface area (Å²) in [5.41, 5.74) is 5.89. The van der Waals surface area contributed by atoms with Crippen molar-refractivity contribution in [3.63, 3.8) is 0 Å². The SMILES string of the molecule is CC(NC(=O)CCC(CCN)C(C)(C)C)C1CCOC1. The number of nitrogens with one attached hydrogen (secondary N) is 1. The predicted octanol–water partition coefficient (Wildman–Crippen LogP) is 2.32. The molecule has 20 heavy (non-hydrogen) atoms. The Balaban J connectivity index is 2.33. The lowest BCUT2D eigenvalue weighted by Crippen LogP contribution is -2.38. The number of carbonyl (C=O) groups is 1. The Bertz CT molecular complexity index is 293. The number of nitrogens with two attached hydrogens (primary N) is 1. The molecule has 0 aromatic rings. The lowest BCUT2D eigenvalue weighted by atomic mass is 9.76. The Morgan fingerprint density at radius 3 is 2.60 bits per heavy atom. The van der Waals surface area contributed by atoms with Crippen LogP contribution in [0.25, 0.3) is 0 Å². The molecule has 1 fully saturated rings. The van der Waals surface area contributed by atoms with Crippen molar-refractivity contribution in [3.05, 3.63) is 0 Å². The molecule has 0 spiro atoms. The van der Waals surface area contributed by atoms with Crippen molar-refractivity contribution in [1.82, 2.24) is 5.32 Å². The molecule has 0 aliphatic carbocycles. The summed E-state index contributed by atoms with van der Waals surface area (Å²) in [6, 6.07) is 0.215. The minimum Gasteiger partial charge on any atom is -0.381 e. The molecule has 0 radical (unpaired) electrons. The fourth-order valence-electron chi connectivity index (χ4n) is 2.91. The van der Waals surface area contributed by atoms with Crippen LogP contribution in [0.15, 0.2) is 0 Å². The summed E-state index contributed by atoms with van der Waals surface area (Å²) in [4.78, 5) is 12.1. The molecular weight excluding hydrogens is 252 g/mol. The highest BCUT2D eigenvalue weighted by molar-refractivity contribution is 5.76. The zero-order chi connectivity index (χ0) is 15.2. The summed E-state index contributed by atoms with van der Waals surface area (Å²) in [5, 5.41) is 3.12. The fourth-order valence-corrected chi connectivity index (χ4v) is 2.91. The van der Waals surface area contributed by atoms with Crippen LogP contribution in [-0.4, -0.2) is 31.7 Å². The van der Waals surface area contributed by atoms with Gasteiger partial charge in [-0.15, -0.1) is 0 Å². The number of ether oxygens (including phenoxy) is 1. The fraction of sp³-hybridized carbons (Fsp3) is 0.938. The topological polar surface area (TPSA) is 64.4 Å². The van der Waals surface area contributed by atoms with E-state index < -0.39 is 0 Å². The molecule has 1 rings (SSSR count). The van der Waals surface area contributed by atoms with E-state index in [2.05, 4.69) is 33.0 Å². The molecule has 0 aromatic heterocycles. The number of rotatable bonds is 7. The van der Waals surface area contributed by atoms with Gasteiger partial charge in [0.1, 0.15) is 0 Å². The van der Waals surface area contributed by atoms with E-state index in [1.54, 1.807) is 0 Å². The molecule has 1 aliphatic heterocycles. The highest BCUT2D eigenvalue weighted by Crippen LogP contribution is 2.32. The average Bonchev–Trinajstić information content (AvgIpc) is 2.86. The number of carbonyl (C=O) groups excluding carboxylic acids is 1. The van der Waals surface area contributed by atoms with Crippen molar-refractivity contribution in [3.8, 4) is 0 Å². The second-order valence-corrected chi connectivity index (χ2v) is 7.16. The second kappa shape index (κ2) is 7.99. The average molecular weight is 284 g/mol. The van der Waals surface area contributed by atoms with E-state index in [-0.39, 0.29) is 17.4 Å². The summed E-state index contributed by atoms with van der Waals surface area (Å²) < 4.78 is 5.37. The van der Waals surface area contributed by atoms with Gasteiger partial charge in [-0.2, -0.15) is 0 Å². The van der Waals surface area contributed by atoms with E-state index in [1.165, 1.54) is 0 Å². The molecule has 0 aromatic carbocycles. The molecule has 3 atom stereocenters. The van der Waals surface area contributed by atoms with Crippen molar-refractivity contribution < 1.29 is 9.53 Å². The van der Waals surface area contributed by atoms with Gasteiger partial charge in [-0.1, -0.05) is 20.8 Å². The van der Waals surface area contributed by atoms with Crippen molar-refractivity contribution >= 4 is 5.91 Å². The molecule has 1 heterocycles. The van der Waals surface area contributed by atoms with Crippen LogP contribution in [0.2, 0.25) is 0 Å². The monoisotopic (exact) mass is 284 g/mol. The molecular formula is C16H32N2O2. The summed E-state index contributed by atoms with van der Waals surface area (Å²) in [7, 11) is 0. The third kappa shape index (κ3) is 5.80. The van der Waals surface area contributed by atoms with Gasteiger partial charge in [-0.05, 0) is 44.1 Å². The van der Waals surface area contributed by atoms with Crippen LogP contribution < -0.4 is 11.1 Å². The first kappa shape index (κ1) is 17.4. The zero-order valence-electron chi connectivity index (χ0n) is 13.6. The predicted molar refractivity (Wildman–Crippen MR) is 82.4 cm³/mol. The third-order valence-electron chi connectivity index (χ3n) is 4.52. The van der Waals surface area contributed by atoms with Crippen LogP contribution in [0.3, 0.4) is 0 Å². The molecule has 4 heteroatoms. The maximum atomic E-state index is 12.1. The van der Waals surface area contributed by atoms with E-state index in [4.69, 9.17) is 10.5 Å². The lowest BCUT2D eigenvalue weighted by molar-refractivity contribution is -0.122. The van der Waals surface area contributed by atoms with Gasteiger partial charge >= 0.3 is 0 Å². The lowest BCUT2D eigenvalue weighted by Gasteiger charge is -2.30. The van der Waals surface area contributed by atoms with E-state index in [9.17, 15) is 4.79 Å². The van der Waals surface area contributed by atoms with Gasteiger partial charge in [0.2, 0.25) is 5.91 Å². The minimum atomic E-state index is 0.163. The third-order valence-corrected chi connectivity index (χ3v) is 4.52. The van der Waals surface area contributed by atoms with Crippen molar-refractivity contribution in [2.75, 3.05) is 19.8 Å². The Hall–Kier alpha value is -0.610. The van der Waals surface area contributed by atoms with Crippen LogP contribution in [0.4, 0.5) is 0 Å². The molecule has 1 saturated heterocycles. The number of hydrogen-bond acceptors (Lipinski definition) is 3. The Morgan fingerprint density at radius 1 is 1.40 bits per heavy atom. The van der Waals surface area contributed by atoms with Crippen molar-refractivity contribution in [2.24, 2.45) is 23.0 Å². The van der Waals surface area contributed by atoms with Gasteiger partial charge in [0.05, 0.1) is 6.61 Å². The Morgan fingerprint density at radius 2 is 2.10 bits per heavy atom. The minimum absolute atomic E-state index is 0.163. The van der Waals surface area contributed by atoms with Gasteiger partial charge in [0.15, 0.2) is 0 Å². The van der Waals surface area contributed by atoms with Crippen LogP contribution in [-0.2, 0) is 9.53 Å². The molecule has 1 amide bonds. The standard InChI is InChI=1S/C16H32N2O2/c1-12(13-8-10-20-11-13)18-15(19)6-5-14(7-9-17)16(2,3)4/h12-14H,5-11,17H2,1-4H3,(H,18,19). The maximum Gasteiger partial charge on any atom is 0.220 e. The Kier molecular flexibility index (Phi) is 6.96. The van der Waals surface area contributed by atoms with Gasteiger partial charge < -0.3 is 15.8 Å². The molecule has 0 saturated carbocycles. The first-order valence-corrected chi connectivity index (χ1v) is 7.91. The first-order chi connectivity index (χ1) is 9.34. The largest absolute Gasteiger partial charge is 0.381 e. The van der Waals surface area contributed by atoms with Gasteiger partial charge in [0.25, 0.3) is 0 Å². The molecule has 118 valence electrons. The number of hydrogen-bond donors (Lipinski definition) is 2. The summed E-state index contributed by atoms with van der Waals surface area (Å²) >= 11 is 0. The quantitative estimate of drug-likeness (QED) is 0.754. The molecule has 4 nitrogen and oxygen atoms in total. The van der Waals surface area contributed by atoms with E-state index in [1.807, 2.05) is 0 Å². The summed E-state index contributed by atoms with van der Waals surface area (Å²) in [5.74, 6) is 1.14. The molecule has 1 aliphatic rings. The number of amides is 1. The van der Waals surface area contributed by atoms with Crippen molar-refractivity contribution in [2.45, 2.75) is 59.4 Å². The zero-order valence-corrected chi connectivity index (χ0v) is 13.6. The molecule has 0 bridgehead atoms. The summed E-state index contributed by atoms with van der Waals surface area (Å²) in [6.45, 7) is 11.1. The molecule has 3 unspecified atom stereocenters. The van der Waals surface area contributed by atoms with Crippen molar-refractivity contribution in [1.29, 1.82) is 0 Å². The van der Waals surface area contributed by atoms with Crippen LogP contribution in [0.1, 0.15) is 53.4 Å². The van der Waals surface area contributed by atoms with Gasteiger partial charge in [-0.25, -0.2) is 0 Å². The van der Waals surface area contributed by atoms with Crippen LogP contribution in [0.5, 0.6) is 0 Å². The van der Waals surface area contributed by atoms with Gasteiger partial charge in [0, 0.05) is 25.0 Å². The maximum absolute atomic E-state index is 12.1. The van der Waals surface area contributed by atoms with E-state index in [0.29, 0.717) is 24.8 Å². The van der Waals surface area contributed by atoms with Crippen LogP contribution in [0, 0.1) is 17.3 Å². The smallest absolute Gasteiger partial charge is 0.220 e. The van der Waals surface area contributed by atoms with Gasteiger partial charge in [-0.3, -0.25) is 4.79 Å². The van der Waals surface area contributed by atoms with E-state index in [0.717, 1.165) is 32.5 Å².